The standard InChI is InChI=1S/C16H32N2/c1-13-7-4-5-9-16(13)18(3)14(2)8-6-12-17-15-10-11-15/h13-17H,4-12H2,1-3H3. The van der Waals surface area contributed by atoms with Gasteiger partial charge in [0, 0.05) is 18.1 Å². The molecule has 0 heterocycles. The zero-order chi connectivity index (χ0) is 13.0. The van der Waals surface area contributed by atoms with E-state index in [-0.39, 0.29) is 0 Å². The van der Waals surface area contributed by atoms with Crippen LogP contribution in [0.25, 0.3) is 0 Å². The van der Waals surface area contributed by atoms with Gasteiger partial charge in [0.15, 0.2) is 0 Å². The highest BCUT2D eigenvalue weighted by Gasteiger charge is 2.27. The minimum atomic E-state index is 0.747. The predicted octanol–water partition coefficient (Wildman–Crippen LogP) is 3.42. The van der Waals surface area contributed by atoms with Crippen molar-refractivity contribution in [2.24, 2.45) is 5.92 Å². The summed E-state index contributed by atoms with van der Waals surface area (Å²) < 4.78 is 0. The van der Waals surface area contributed by atoms with Crippen molar-refractivity contribution in [2.45, 2.75) is 83.3 Å². The minimum absolute atomic E-state index is 0.747. The van der Waals surface area contributed by atoms with Gasteiger partial charge >= 0.3 is 0 Å². The van der Waals surface area contributed by atoms with Gasteiger partial charge in [-0.25, -0.2) is 0 Å². The van der Waals surface area contributed by atoms with Crippen LogP contribution in [0.5, 0.6) is 0 Å². The van der Waals surface area contributed by atoms with E-state index in [9.17, 15) is 0 Å². The summed E-state index contributed by atoms with van der Waals surface area (Å²) in [6.45, 7) is 6.09. The molecule has 2 saturated carbocycles. The second kappa shape index (κ2) is 6.91. The summed E-state index contributed by atoms with van der Waals surface area (Å²) in [6, 6.07) is 2.46. The Bertz CT molecular complexity index is 237. The second-order valence-electron chi connectivity index (χ2n) is 6.71. The zero-order valence-electron chi connectivity index (χ0n) is 12.6. The summed E-state index contributed by atoms with van der Waals surface area (Å²) in [5.74, 6) is 0.899. The molecule has 18 heavy (non-hydrogen) atoms. The summed E-state index contributed by atoms with van der Waals surface area (Å²) in [7, 11) is 2.35. The van der Waals surface area contributed by atoms with Gasteiger partial charge in [0.1, 0.15) is 0 Å². The monoisotopic (exact) mass is 252 g/mol. The number of nitrogens with one attached hydrogen (secondary N) is 1. The Morgan fingerprint density at radius 1 is 1.17 bits per heavy atom. The normalized spacial score (nSPS) is 30.7. The molecule has 0 spiro atoms. The first-order valence-corrected chi connectivity index (χ1v) is 8.14. The van der Waals surface area contributed by atoms with Crippen LogP contribution in [0.1, 0.15) is 65.2 Å². The number of hydrogen-bond donors (Lipinski definition) is 1. The molecule has 0 aromatic carbocycles. The van der Waals surface area contributed by atoms with Gasteiger partial charge in [0.05, 0.1) is 0 Å². The third-order valence-electron chi connectivity index (χ3n) is 5.09. The van der Waals surface area contributed by atoms with E-state index in [0.717, 1.165) is 24.0 Å². The maximum Gasteiger partial charge on any atom is 0.0121 e. The molecule has 2 rings (SSSR count). The number of rotatable bonds is 7. The highest BCUT2D eigenvalue weighted by atomic mass is 15.2. The number of hydrogen-bond acceptors (Lipinski definition) is 2. The van der Waals surface area contributed by atoms with E-state index in [1.807, 2.05) is 0 Å². The molecular weight excluding hydrogens is 220 g/mol. The predicted molar refractivity (Wildman–Crippen MR) is 78.9 cm³/mol. The van der Waals surface area contributed by atoms with Crippen LogP contribution < -0.4 is 5.32 Å². The van der Waals surface area contributed by atoms with E-state index in [1.54, 1.807) is 0 Å². The van der Waals surface area contributed by atoms with Crippen LogP contribution in [0.2, 0.25) is 0 Å². The van der Waals surface area contributed by atoms with Gasteiger partial charge in [-0.15, -0.1) is 0 Å². The third-order valence-corrected chi connectivity index (χ3v) is 5.09. The van der Waals surface area contributed by atoms with Crippen molar-refractivity contribution in [3.05, 3.63) is 0 Å². The topological polar surface area (TPSA) is 15.3 Å². The fourth-order valence-electron chi connectivity index (χ4n) is 3.42. The van der Waals surface area contributed by atoms with E-state index in [4.69, 9.17) is 0 Å². The van der Waals surface area contributed by atoms with Crippen molar-refractivity contribution in [2.75, 3.05) is 13.6 Å². The van der Waals surface area contributed by atoms with Crippen molar-refractivity contribution < 1.29 is 0 Å². The summed E-state index contributed by atoms with van der Waals surface area (Å²) in [5.41, 5.74) is 0. The van der Waals surface area contributed by atoms with Crippen LogP contribution >= 0.6 is 0 Å². The quantitative estimate of drug-likeness (QED) is 0.699. The molecule has 2 aliphatic carbocycles. The fraction of sp³-hybridized carbons (Fsp3) is 1.00. The molecule has 2 heteroatoms. The molecule has 0 amide bonds. The van der Waals surface area contributed by atoms with Crippen molar-refractivity contribution >= 4 is 0 Å². The summed E-state index contributed by atoms with van der Waals surface area (Å²) >= 11 is 0. The lowest BCUT2D eigenvalue weighted by molar-refractivity contribution is 0.0986. The van der Waals surface area contributed by atoms with Gasteiger partial charge in [-0.1, -0.05) is 19.8 Å². The van der Waals surface area contributed by atoms with E-state index >= 15 is 0 Å². The Balaban J connectivity index is 1.64. The Labute approximate surface area is 114 Å². The fourth-order valence-corrected chi connectivity index (χ4v) is 3.42. The van der Waals surface area contributed by atoms with Gasteiger partial charge < -0.3 is 10.2 Å². The molecule has 0 aromatic heterocycles. The highest BCUT2D eigenvalue weighted by Crippen LogP contribution is 2.29. The maximum absolute atomic E-state index is 3.62. The molecule has 0 bridgehead atoms. The minimum Gasteiger partial charge on any atom is -0.314 e. The Morgan fingerprint density at radius 3 is 2.56 bits per heavy atom. The van der Waals surface area contributed by atoms with E-state index in [2.05, 4.69) is 31.1 Å². The Hall–Kier alpha value is -0.0800. The first-order chi connectivity index (χ1) is 8.68. The summed E-state index contributed by atoms with van der Waals surface area (Å²) in [5, 5.41) is 3.62. The molecule has 2 aliphatic rings. The van der Waals surface area contributed by atoms with E-state index < -0.39 is 0 Å². The van der Waals surface area contributed by atoms with Crippen molar-refractivity contribution in [3.8, 4) is 0 Å². The van der Waals surface area contributed by atoms with Gasteiger partial charge in [-0.2, -0.15) is 0 Å². The van der Waals surface area contributed by atoms with Crippen LogP contribution in [-0.2, 0) is 0 Å². The smallest absolute Gasteiger partial charge is 0.0121 e. The lowest BCUT2D eigenvalue weighted by Gasteiger charge is -2.39. The Morgan fingerprint density at radius 2 is 1.89 bits per heavy atom. The number of nitrogens with zero attached hydrogens (tertiary/aromatic N) is 1. The molecule has 1 N–H and O–H groups in total. The lowest BCUT2D eigenvalue weighted by Crippen LogP contribution is -2.44. The van der Waals surface area contributed by atoms with Gasteiger partial charge in [0.25, 0.3) is 0 Å². The molecule has 3 atom stereocenters. The first kappa shape index (κ1) is 14.3. The van der Waals surface area contributed by atoms with Crippen LogP contribution in [0.4, 0.5) is 0 Å². The Kier molecular flexibility index (Phi) is 5.50. The maximum atomic E-state index is 3.62. The van der Waals surface area contributed by atoms with Crippen LogP contribution in [0.15, 0.2) is 0 Å². The van der Waals surface area contributed by atoms with Crippen molar-refractivity contribution in [3.63, 3.8) is 0 Å². The molecule has 106 valence electrons. The summed E-state index contributed by atoms with van der Waals surface area (Å²) in [6.07, 6.45) is 11.3. The first-order valence-electron chi connectivity index (χ1n) is 8.14. The van der Waals surface area contributed by atoms with Gasteiger partial charge in [-0.3, -0.25) is 0 Å². The molecular formula is C16H32N2. The van der Waals surface area contributed by atoms with Crippen LogP contribution in [0.3, 0.4) is 0 Å². The largest absolute Gasteiger partial charge is 0.314 e. The molecule has 2 nitrogen and oxygen atoms in total. The summed E-state index contributed by atoms with van der Waals surface area (Å²) in [4.78, 5) is 2.67. The molecule has 0 radical (unpaired) electrons. The lowest BCUT2D eigenvalue weighted by atomic mass is 9.84. The molecule has 0 aliphatic heterocycles. The van der Waals surface area contributed by atoms with Crippen molar-refractivity contribution in [1.29, 1.82) is 0 Å². The second-order valence-corrected chi connectivity index (χ2v) is 6.71. The van der Waals surface area contributed by atoms with Crippen molar-refractivity contribution in [1.82, 2.24) is 10.2 Å². The van der Waals surface area contributed by atoms with Gasteiger partial charge in [0.2, 0.25) is 0 Å². The molecule has 3 unspecified atom stereocenters. The molecule has 2 fully saturated rings. The van der Waals surface area contributed by atoms with Crippen LogP contribution in [-0.4, -0.2) is 36.6 Å². The SMILES string of the molecule is CC1CCCCC1N(C)C(C)CCCNC1CC1. The average molecular weight is 252 g/mol. The average Bonchev–Trinajstić information content (AvgIpc) is 3.18. The van der Waals surface area contributed by atoms with E-state index in [0.29, 0.717) is 0 Å². The molecule has 0 aromatic rings. The zero-order valence-corrected chi connectivity index (χ0v) is 12.6. The van der Waals surface area contributed by atoms with Gasteiger partial charge in [-0.05, 0) is 65.0 Å². The molecule has 0 saturated heterocycles. The van der Waals surface area contributed by atoms with Crippen LogP contribution in [0, 0.1) is 5.92 Å². The van der Waals surface area contributed by atoms with E-state index in [1.165, 1.54) is 57.9 Å². The highest BCUT2D eigenvalue weighted by molar-refractivity contribution is 4.83. The third kappa shape index (κ3) is 4.24.